The monoisotopic (exact) mass is 298 g/mol. The van der Waals surface area contributed by atoms with Crippen LogP contribution < -0.4 is 4.74 Å². The molecule has 1 N–H and O–H groups in total. The summed E-state index contributed by atoms with van der Waals surface area (Å²) in [7, 11) is 0. The number of benzene rings is 1. The Morgan fingerprint density at radius 1 is 1.33 bits per heavy atom. The van der Waals surface area contributed by atoms with Gasteiger partial charge < -0.3 is 14.6 Å². The molecule has 2 unspecified atom stereocenters. The molecule has 1 rings (SSSR count). The van der Waals surface area contributed by atoms with Crippen molar-refractivity contribution in [3.63, 3.8) is 0 Å². The normalized spacial score (nSPS) is 13.1. The van der Waals surface area contributed by atoms with Crippen molar-refractivity contribution in [2.24, 2.45) is 0 Å². The number of Topliss-reactive ketones (excluding diaryl/α,β-unsaturated/α-hetero) is 1. The van der Waals surface area contributed by atoms with Gasteiger partial charge in [0.05, 0.1) is 6.10 Å². The molecule has 0 bridgehead atoms. The number of ether oxygens (including phenoxy) is 2. The predicted molar refractivity (Wildman–Crippen MR) is 69.3 cm³/mol. The summed E-state index contributed by atoms with van der Waals surface area (Å²) < 4.78 is 22.9. The van der Waals surface area contributed by atoms with Crippen molar-refractivity contribution < 1.29 is 33.4 Å². The summed E-state index contributed by atoms with van der Waals surface area (Å²) in [5.41, 5.74) is 0. The Balaban J connectivity index is 2.94. The highest BCUT2D eigenvalue weighted by Crippen LogP contribution is 2.15. The molecule has 0 fully saturated rings. The van der Waals surface area contributed by atoms with E-state index in [2.05, 4.69) is 0 Å². The first-order valence-corrected chi connectivity index (χ1v) is 6.25. The van der Waals surface area contributed by atoms with E-state index in [1.807, 2.05) is 0 Å². The maximum atomic E-state index is 13.0. The Kier molecular flexibility index (Phi) is 5.83. The van der Waals surface area contributed by atoms with Crippen LogP contribution in [0.2, 0.25) is 0 Å². The van der Waals surface area contributed by atoms with Gasteiger partial charge in [-0.2, -0.15) is 0 Å². The number of ketones is 1. The summed E-state index contributed by atoms with van der Waals surface area (Å²) in [6.07, 6.45) is -1.99. The van der Waals surface area contributed by atoms with Crippen LogP contribution in [0.3, 0.4) is 0 Å². The van der Waals surface area contributed by atoms with Gasteiger partial charge in [-0.05, 0) is 25.5 Å². The largest absolute Gasteiger partial charge is 0.475 e. The molecule has 0 amide bonds. The molecule has 0 radical (unpaired) electrons. The molecule has 0 heterocycles. The maximum Gasteiger partial charge on any atom is 0.376 e. The molecule has 114 valence electrons. The highest BCUT2D eigenvalue weighted by atomic mass is 19.1. The van der Waals surface area contributed by atoms with E-state index < -0.39 is 35.7 Å². The minimum Gasteiger partial charge on any atom is -0.475 e. The number of hydrogen-bond donors (Lipinski definition) is 1. The minimum atomic E-state index is -1.97. The molecule has 0 aliphatic carbocycles. The Bertz CT molecular complexity index is 542. The minimum absolute atomic E-state index is 0.143. The fraction of sp³-hybridized carbons (Fsp3) is 0.357. The van der Waals surface area contributed by atoms with E-state index in [1.54, 1.807) is 13.8 Å². The van der Waals surface area contributed by atoms with Gasteiger partial charge in [-0.1, -0.05) is 13.0 Å². The molecular formula is C14H15FO6. The highest BCUT2D eigenvalue weighted by molar-refractivity contribution is 6.38. The van der Waals surface area contributed by atoms with Gasteiger partial charge in [0, 0.05) is 6.07 Å². The fourth-order valence-electron chi connectivity index (χ4n) is 1.34. The SMILES string of the molecule is CCC(C)OC(=O)C(Oc1cccc(F)c1)C(=O)C(=O)O. The van der Waals surface area contributed by atoms with Crippen molar-refractivity contribution in [1.29, 1.82) is 0 Å². The Morgan fingerprint density at radius 2 is 2.00 bits per heavy atom. The van der Waals surface area contributed by atoms with Crippen molar-refractivity contribution in [2.45, 2.75) is 32.5 Å². The average molecular weight is 298 g/mol. The molecule has 7 heteroatoms. The van der Waals surface area contributed by atoms with Gasteiger partial charge in [-0.15, -0.1) is 0 Å². The zero-order valence-corrected chi connectivity index (χ0v) is 11.5. The number of carbonyl (C=O) groups is 3. The van der Waals surface area contributed by atoms with E-state index in [-0.39, 0.29) is 5.75 Å². The lowest BCUT2D eigenvalue weighted by molar-refractivity contribution is -0.165. The predicted octanol–water partition coefficient (Wildman–Crippen LogP) is 1.57. The standard InChI is InChI=1S/C14H15FO6/c1-3-8(2)20-14(19)12(11(16)13(17)18)21-10-6-4-5-9(15)7-10/h4-8,12H,3H2,1-2H3,(H,17,18). The Morgan fingerprint density at radius 3 is 2.52 bits per heavy atom. The third kappa shape index (κ3) is 4.87. The molecule has 2 atom stereocenters. The summed E-state index contributed by atoms with van der Waals surface area (Å²) in [6, 6.07) is 4.66. The zero-order chi connectivity index (χ0) is 16.0. The van der Waals surface area contributed by atoms with Crippen LogP contribution in [0, 0.1) is 5.82 Å². The first kappa shape index (κ1) is 16.6. The van der Waals surface area contributed by atoms with Crippen LogP contribution in [0.1, 0.15) is 20.3 Å². The van der Waals surface area contributed by atoms with Gasteiger partial charge in [-0.25, -0.2) is 14.0 Å². The third-order valence-electron chi connectivity index (χ3n) is 2.61. The molecule has 1 aromatic carbocycles. The molecule has 0 spiro atoms. The smallest absolute Gasteiger partial charge is 0.376 e. The Labute approximate surface area is 120 Å². The lowest BCUT2D eigenvalue weighted by Crippen LogP contribution is -2.42. The second-order valence-electron chi connectivity index (χ2n) is 4.28. The van der Waals surface area contributed by atoms with Crippen molar-refractivity contribution in [2.75, 3.05) is 0 Å². The molecule has 0 aliphatic rings. The van der Waals surface area contributed by atoms with Gasteiger partial charge in [0.1, 0.15) is 11.6 Å². The molecular weight excluding hydrogens is 283 g/mol. The molecule has 0 saturated carbocycles. The lowest BCUT2D eigenvalue weighted by atomic mass is 10.2. The average Bonchev–Trinajstić information content (AvgIpc) is 2.43. The van der Waals surface area contributed by atoms with E-state index in [1.165, 1.54) is 12.1 Å². The number of carboxylic acids is 1. The highest BCUT2D eigenvalue weighted by Gasteiger charge is 2.36. The summed E-state index contributed by atoms with van der Waals surface area (Å²) in [6.45, 7) is 3.34. The van der Waals surface area contributed by atoms with E-state index in [9.17, 15) is 18.8 Å². The lowest BCUT2D eigenvalue weighted by Gasteiger charge is -2.18. The number of halogens is 1. The summed E-state index contributed by atoms with van der Waals surface area (Å²) in [5.74, 6) is -5.23. The molecule has 0 aliphatic heterocycles. The van der Waals surface area contributed by atoms with Crippen LogP contribution >= 0.6 is 0 Å². The van der Waals surface area contributed by atoms with Gasteiger partial charge >= 0.3 is 11.9 Å². The van der Waals surface area contributed by atoms with Crippen molar-refractivity contribution in [3.8, 4) is 5.75 Å². The van der Waals surface area contributed by atoms with Crippen LogP contribution in [0.25, 0.3) is 0 Å². The van der Waals surface area contributed by atoms with E-state index >= 15 is 0 Å². The second kappa shape index (κ2) is 7.37. The first-order chi connectivity index (χ1) is 9.85. The number of aliphatic carboxylic acids is 1. The molecule has 6 nitrogen and oxygen atoms in total. The number of rotatable bonds is 7. The van der Waals surface area contributed by atoms with Crippen LogP contribution in [-0.4, -0.2) is 35.0 Å². The van der Waals surface area contributed by atoms with Crippen LogP contribution in [0.4, 0.5) is 4.39 Å². The number of hydrogen-bond acceptors (Lipinski definition) is 5. The molecule has 0 saturated heterocycles. The van der Waals surface area contributed by atoms with Crippen molar-refractivity contribution >= 4 is 17.7 Å². The van der Waals surface area contributed by atoms with E-state index in [0.717, 1.165) is 12.1 Å². The van der Waals surface area contributed by atoms with Crippen LogP contribution in [0.15, 0.2) is 24.3 Å². The van der Waals surface area contributed by atoms with Crippen LogP contribution in [-0.2, 0) is 19.1 Å². The Hall–Kier alpha value is -2.44. The van der Waals surface area contributed by atoms with Crippen molar-refractivity contribution in [3.05, 3.63) is 30.1 Å². The topological polar surface area (TPSA) is 89.9 Å². The summed E-state index contributed by atoms with van der Waals surface area (Å²) in [5, 5.41) is 8.71. The van der Waals surface area contributed by atoms with E-state index in [0.29, 0.717) is 6.42 Å². The quantitative estimate of drug-likeness (QED) is 0.467. The van der Waals surface area contributed by atoms with Gasteiger partial charge in [-0.3, -0.25) is 4.79 Å². The third-order valence-corrected chi connectivity index (χ3v) is 2.61. The van der Waals surface area contributed by atoms with E-state index in [4.69, 9.17) is 14.6 Å². The first-order valence-electron chi connectivity index (χ1n) is 6.25. The zero-order valence-electron chi connectivity index (χ0n) is 11.5. The number of carboxylic acid groups (broad SMARTS) is 1. The maximum absolute atomic E-state index is 13.0. The molecule has 0 aromatic heterocycles. The number of esters is 1. The van der Waals surface area contributed by atoms with Gasteiger partial charge in [0.15, 0.2) is 0 Å². The van der Waals surface area contributed by atoms with Gasteiger partial charge in [0.2, 0.25) is 0 Å². The van der Waals surface area contributed by atoms with Gasteiger partial charge in [0.25, 0.3) is 11.9 Å². The van der Waals surface area contributed by atoms with Crippen LogP contribution in [0.5, 0.6) is 5.75 Å². The molecule has 21 heavy (non-hydrogen) atoms. The fourth-order valence-corrected chi connectivity index (χ4v) is 1.34. The number of carbonyl (C=O) groups excluding carboxylic acids is 2. The summed E-state index contributed by atoms with van der Waals surface area (Å²) >= 11 is 0. The van der Waals surface area contributed by atoms with Crippen molar-refractivity contribution in [1.82, 2.24) is 0 Å². The summed E-state index contributed by atoms with van der Waals surface area (Å²) in [4.78, 5) is 34.1. The second-order valence-corrected chi connectivity index (χ2v) is 4.28. The molecule has 1 aromatic rings.